The monoisotopic (exact) mass is 732 g/mol. The number of para-hydroxylation sites is 2. The summed E-state index contributed by atoms with van der Waals surface area (Å²) < 4.78 is 10.9. The lowest BCUT2D eigenvalue weighted by atomic mass is 9.67. The molecule has 0 atom stereocenters. The molecule has 0 aliphatic carbocycles. The molecular weight excluding hydrogens is 708 g/mol. The standard InChI is InChI=1S/C35H24O18/c1-35(2,23-15(27(36)37)19(31(44)45)25(52-13-9-5-3-6-10-13)20(32(46)47)16(23)28(38)39)24-17(29(40)41)21(33(48)49)26(53-14-11-7-4-8-12-14)22(34(50)51)18(24)30(42)43/h3-12H,1-2H3,(H,36,37)(H,38,39)(H,40,41)(H,42,43)(H,44,45)(H,46,47)(H,48,49)(H,50,51). The normalized spacial score (nSPS) is 10.9. The summed E-state index contributed by atoms with van der Waals surface area (Å²) in [5, 5.41) is 83.2. The van der Waals surface area contributed by atoms with Crippen LogP contribution < -0.4 is 9.47 Å². The third-order valence-electron chi connectivity index (χ3n) is 7.80. The Morgan fingerprint density at radius 1 is 0.377 bits per heavy atom. The predicted octanol–water partition coefficient (Wildman–Crippen LogP) is 5.18. The molecule has 0 fully saturated rings. The molecule has 0 radical (unpaired) electrons. The van der Waals surface area contributed by atoms with Gasteiger partial charge in [-0.1, -0.05) is 50.2 Å². The second-order valence-electron chi connectivity index (χ2n) is 11.3. The van der Waals surface area contributed by atoms with Crippen molar-refractivity contribution in [2.24, 2.45) is 0 Å². The highest BCUT2D eigenvalue weighted by Crippen LogP contribution is 2.49. The van der Waals surface area contributed by atoms with E-state index in [4.69, 9.17) is 9.47 Å². The number of hydrogen-bond donors (Lipinski definition) is 8. The Bertz CT molecular complexity index is 2000. The Morgan fingerprint density at radius 3 is 0.774 bits per heavy atom. The van der Waals surface area contributed by atoms with Crippen molar-refractivity contribution in [2.75, 3.05) is 0 Å². The predicted molar refractivity (Wildman–Crippen MR) is 174 cm³/mol. The summed E-state index contributed by atoms with van der Waals surface area (Å²) in [7, 11) is 0. The zero-order chi connectivity index (χ0) is 39.7. The first-order valence-electron chi connectivity index (χ1n) is 14.6. The quantitative estimate of drug-likeness (QED) is 0.0827. The number of carboxylic acid groups (broad SMARTS) is 8. The van der Waals surface area contributed by atoms with E-state index in [0.717, 1.165) is 13.8 Å². The van der Waals surface area contributed by atoms with Crippen LogP contribution in [0.4, 0.5) is 0 Å². The molecule has 0 heterocycles. The first-order valence-corrected chi connectivity index (χ1v) is 14.6. The molecule has 8 N–H and O–H groups in total. The van der Waals surface area contributed by atoms with Gasteiger partial charge >= 0.3 is 47.8 Å². The van der Waals surface area contributed by atoms with Gasteiger partial charge in [-0.15, -0.1) is 0 Å². The molecule has 0 amide bonds. The van der Waals surface area contributed by atoms with Gasteiger partial charge in [0.05, 0.1) is 22.3 Å². The van der Waals surface area contributed by atoms with Gasteiger partial charge < -0.3 is 50.3 Å². The van der Waals surface area contributed by atoms with Crippen LogP contribution in [0.2, 0.25) is 0 Å². The Balaban J connectivity index is 2.41. The third kappa shape index (κ3) is 6.74. The lowest BCUT2D eigenvalue weighted by molar-refractivity contribution is 0.0623. The van der Waals surface area contributed by atoms with Gasteiger partial charge in [-0.25, -0.2) is 38.4 Å². The molecule has 0 saturated heterocycles. The molecule has 0 saturated carbocycles. The lowest BCUT2D eigenvalue weighted by Gasteiger charge is -2.34. The third-order valence-corrected chi connectivity index (χ3v) is 7.80. The van der Waals surface area contributed by atoms with Crippen LogP contribution in [0.3, 0.4) is 0 Å². The van der Waals surface area contributed by atoms with Crippen LogP contribution >= 0.6 is 0 Å². The van der Waals surface area contributed by atoms with Gasteiger partial charge in [0.2, 0.25) is 0 Å². The molecule has 0 aliphatic heterocycles. The van der Waals surface area contributed by atoms with Crippen molar-refractivity contribution < 1.29 is 88.7 Å². The fourth-order valence-electron chi connectivity index (χ4n) is 5.92. The zero-order valence-corrected chi connectivity index (χ0v) is 26.9. The van der Waals surface area contributed by atoms with Gasteiger partial charge in [0.15, 0.2) is 11.5 Å². The van der Waals surface area contributed by atoms with Crippen molar-refractivity contribution in [3.05, 3.63) is 116 Å². The number of ether oxygens (including phenoxy) is 2. The van der Waals surface area contributed by atoms with Crippen molar-refractivity contribution in [3.63, 3.8) is 0 Å². The van der Waals surface area contributed by atoms with Gasteiger partial charge in [-0.2, -0.15) is 0 Å². The number of hydrogen-bond acceptors (Lipinski definition) is 10. The van der Waals surface area contributed by atoms with Crippen LogP contribution in [0.15, 0.2) is 60.7 Å². The molecule has 4 aromatic rings. The van der Waals surface area contributed by atoms with Crippen molar-refractivity contribution in [1.29, 1.82) is 0 Å². The van der Waals surface area contributed by atoms with Gasteiger partial charge in [0.1, 0.15) is 33.8 Å². The van der Waals surface area contributed by atoms with E-state index in [1.165, 1.54) is 60.7 Å². The van der Waals surface area contributed by atoms with Crippen molar-refractivity contribution in [3.8, 4) is 23.0 Å². The highest BCUT2D eigenvalue weighted by molar-refractivity contribution is 6.17. The summed E-state index contributed by atoms with van der Waals surface area (Å²) in [4.78, 5) is 103. The van der Waals surface area contributed by atoms with E-state index in [9.17, 15) is 79.2 Å². The maximum atomic E-state index is 13.0. The fraction of sp³-hybridized carbons (Fsp3) is 0.0857. The van der Waals surface area contributed by atoms with Crippen molar-refractivity contribution in [1.82, 2.24) is 0 Å². The van der Waals surface area contributed by atoms with Crippen LogP contribution in [0, 0.1) is 0 Å². The fourth-order valence-corrected chi connectivity index (χ4v) is 5.92. The number of rotatable bonds is 14. The van der Waals surface area contributed by atoms with Crippen LogP contribution in [0.1, 0.15) is 108 Å². The van der Waals surface area contributed by atoms with E-state index >= 15 is 0 Å². The topological polar surface area (TPSA) is 317 Å². The number of carboxylic acids is 8. The van der Waals surface area contributed by atoms with Crippen LogP contribution in [-0.4, -0.2) is 88.6 Å². The Kier molecular flexibility index (Phi) is 10.2. The number of carbonyl (C=O) groups is 8. The smallest absolute Gasteiger partial charge is 0.340 e. The second kappa shape index (κ2) is 14.2. The first-order chi connectivity index (χ1) is 24.7. The summed E-state index contributed by atoms with van der Waals surface area (Å²) in [6.45, 7) is 1.44. The first kappa shape index (κ1) is 38.0. The lowest BCUT2D eigenvalue weighted by Crippen LogP contribution is -2.35. The van der Waals surface area contributed by atoms with Crippen LogP contribution in [0.25, 0.3) is 0 Å². The zero-order valence-electron chi connectivity index (χ0n) is 26.9. The number of aromatic carboxylic acids is 8. The summed E-state index contributed by atoms with van der Waals surface area (Å²) >= 11 is 0. The van der Waals surface area contributed by atoms with Gasteiger partial charge in [-0.3, -0.25) is 0 Å². The highest BCUT2D eigenvalue weighted by Gasteiger charge is 2.48. The second-order valence-corrected chi connectivity index (χ2v) is 11.3. The minimum Gasteiger partial charge on any atom is -0.478 e. The molecule has 0 unspecified atom stereocenters. The SMILES string of the molecule is CC(C)(c1c(C(=O)O)c(C(=O)O)c(Oc2ccccc2)c(C(=O)O)c1C(=O)O)c1c(C(=O)O)c(C(=O)O)c(Oc2ccccc2)c(C(=O)O)c1C(=O)O. The van der Waals surface area contributed by atoms with Gasteiger partial charge in [0.25, 0.3) is 0 Å². The number of benzene rings is 4. The summed E-state index contributed by atoms with van der Waals surface area (Å²) in [6.07, 6.45) is 0. The average Bonchev–Trinajstić information content (AvgIpc) is 3.06. The van der Waals surface area contributed by atoms with E-state index in [-0.39, 0.29) is 11.5 Å². The Hall–Kier alpha value is -7.76. The summed E-state index contributed by atoms with van der Waals surface area (Å²) in [5.74, 6) is -21.2. The Morgan fingerprint density at radius 2 is 0.585 bits per heavy atom. The summed E-state index contributed by atoms with van der Waals surface area (Å²) in [5.41, 5.74) is -17.9. The largest absolute Gasteiger partial charge is 0.478 e. The van der Waals surface area contributed by atoms with E-state index in [1.54, 1.807) is 0 Å². The molecule has 0 aliphatic rings. The maximum Gasteiger partial charge on any atom is 0.340 e. The molecule has 53 heavy (non-hydrogen) atoms. The molecule has 0 spiro atoms. The van der Waals surface area contributed by atoms with E-state index in [1.807, 2.05) is 0 Å². The molecule has 18 heteroatoms. The highest BCUT2D eigenvalue weighted by atomic mass is 16.5. The minimum atomic E-state index is -2.91. The van der Waals surface area contributed by atoms with Crippen molar-refractivity contribution in [2.45, 2.75) is 19.3 Å². The molecule has 18 nitrogen and oxygen atoms in total. The van der Waals surface area contributed by atoms with Crippen LogP contribution in [-0.2, 0) is 5.41 Å². The van der Waals surface area contributed by atoms with Crippen LogP contribution in [0.5, 0.6) is 23.0 Å². The molecular formula is C35H24O18. The van der Waals surface area contributed by atoms with Gasteiger partial charge in [0, 0.05) is 5.41 Å². The molecule has 272 valence electrons. The maximum absolute atomic E-state index is 13.0. The average molecular weight is 733 g/mol. The molecule has 4 aromatic carbocycles. The molecule has 0 aromatic heterocycles. The van der Waals surface area contributed by atoms with E-state index in [2.05, 4.69) is 0 Å². The minimum absolute atomic E-state index is 0.301. The van der Waals surface area contributed by atoms with Crippen molar-refractivity contribution >= 4 is 47.8 Å². The van der Waals surface area contributed by atoms with E-state index in [0.29, 0.717) is 0 Å². The Labute approximate surface area is 294 Å². The molecule has 4 rings (SSSR count). The molecule has 0 bridgehead atoms. The summed E-state index contributed by atoms with van der Waals surface area (Å²) in [6, 6.07) is 13.0. The van der Waals surface area contributed by atoms with E-state index < -0.39 is 120 Å². The van der Waals surface area contributed by atoms with Gasteiger partial charge in [-0.05, 0) is 35.4 Å².